The zero-order valence-electron chi connectivity index (χ0n) is 17.1. The fourth-order valence-electron chi connectivity index (χ4n) is 3.38. The number of amides is 1. The molecule has 3 aromatic rings. The van der Waals surface area contributed by atoms with Gasteiger partial charge in [-0.1, -0.05) is 18.2 Å². The van der Waals surface area contributed by atoms with Crippen molar-refractivity contribution >= 4 is 28.8 Å². The van der Waals surface area contributed by atoms with Crippen molar-refractivity contribution in [2.24, 2.45) is 0 Å². The number of nitrogens with zero attached hydrogens (tertiary/aromatic N) is 5. The van der Waals surface area contributed by atoms with E-state index >= 15 is 0 Å². The van der Waals surface area contributed by atoms with Crippen LogP contribution in [0, 0.1) is 0 Å². The number of para-hydroxylation sites is 1. The number of benzene rings is 1. The van der Waals surface area contributed by atoms with Crippen LogP contribution in [0.5, 0.6) is 0 Å². The largest absolute Gasteiger partial charge is 0.422 e. The molecular formula is C21H24N6O3. The number of piperidine rings is 1. The molecule has 156 valence electrons. The third kappa shape index (κ3) is 4.24. The van der Waals surface area contributed by atoms with Gasteiger partial charge in [0.2, 0.25) is 11.9 Å². The van der Waals surface area contributed by atoms with Crippen LogP contribution in [-0.4, -0.2) is 48.0 Å². The molecule has 0 radical (unpaired) electrons. The van der Waals surface area contributed by atoms with E-state index in [0.29, 0.717) is 28.7 Å². The number of aromatic nitrogens is 3. The Morgan fingerprint density at radius 1 is 1.13 bits per heavy atom. The highest BCUT2D eigenvalue weighted by Crippen LogP contribution is 2.18. The number of rotatable bonds is 5. The third-order valence-electron chi connectivity index (χ3n) is 4.99. The lowest BCUT2D eigenvalue weighted by Gasteiger charge is -2.27. The molecule has 1 aromatic carbocycles. The lowest BCUT2D eigenvalue weighted by atomic mass is 10.1. The van der Waals surface area contributed by atoms with Gasteiger partial charge in [0.25, 0.3) is 5.91 Å². The number of hydrogen-bond donors (Lipinski definition) is 1. The van der Waals surface area contributed by atoms with Crippen molar-refractivity contribution in [3.63, 3.8) is 0 Å². The lowest BCUT2D eigenvalue weighted by molar-refractivity contribution is 0.0946. The van der Waals surface area contributed by atoms with Crippen LogP contribution in [-0.2, 0) is 6.54 Å². The summed E-state index contributed by atoms with van der Waals surface area (Å²) in [5, 5.41) is 3.41. The standard InChI is InChI=1S/C21H24N6O3/c1-26(2)20-23-17(24-21(25-20)27-10-6-3-7-11-27)13-22-18(28)15-12-14-8-4-5-9-16(14)30-19(15)29/h4-5,8-9,12H,3,6-7,10-11,13H2,1-2H3,(H,22,28). The van der Waals surface area contributed by atoms with E-state index in [2.05, 4.69) is 25.2 Å². The summed E-state index contributed by atoms with van der Waals surface area (Å²) in [5.41, 5.74) is -0.282. The normalized spacial score (nSPS) is 14.0. The van der Waals surface area contributed by atoms with Gasteiger partial charge >= 0.3 is 5.63 Å². The predicted octanol–water partition coefficient (Wildman–Crippen LogP) is 1.96. The van der Waals surface area contributed by atoms with Gasteiger partial charge in [0.15, 0.2) is 5.82 Å². The van der Waals surface area contributed by atoms with Gasteiger partial charge in [-0.05, 0) is 31.4 Å². The molecule has 0 atom stereocenters. The maximum Gasteiger partial charge on any atom is 0.349 e. The number of carbonyl (C=O) groups is 1. The lowest BCUT2D eigenvalue weighted by Crippen LogP contribution is -2.33. The summed E-state index contributed by atoms with van der Waals surface area (Å²) in [6.07, 6.45) is 3.42. The van der Waals surface area contributed by atoms with Crippen molar-refractivity contribution in [2.75, 3.05) is 37.0 Å². The quantitative estimate of drug-likeness (QED) is 0.639. The highest BCUT2D eigenvalue weighted by atomic mass is 16.4. The van der Waals surface area contributed by atoms with E-state index in [1.165, 1.54) is 12.5 Å². The molecule has 0 unspecified atom stereocenters. The third-order valence-corrected chi connectivity index (χ3v) is 4.99. The van der Waals surface area contributed by atoms with Crippen molar-refractivity contribution in [1.29, 1.82) is 0 Å². The van der Waals surface area contributed by atoms with Crippen LogP contribution in [0.4, 0.5) is 11.9 Å². The van der Waals surface area contributed by atoms with Crippen LogP contribution in [0.3, 0.4) is 0 Å². The molecule has 1 N–H and O–H groups in total. The van der Waals surface area contributed by atoms with Crippen molar-refractivity contribution in [3.8, 4) is 0 Å². The first-order valence-electron chi connectivity index (χ1n) is 9.99. The van der Waals surface area contributed by atoms with E-state index < -0.39 is 11.5 Å². The summed E-state index contributed by atoms with van der Waals surface area (Å²) in [4.78, 5) is 42.3. The molecule has 0 aliphatic carbocycles. The Balaban J connectivity index is 1.55. The van der Waals surface area contributed by atoms with Crippen molar-refractivity contribution in [1.82, 2.24) is 20.3 Å². The van der Waals surface area contributed by atoms with Crippen LogP contribution in [0.1, 0.15) is 35.4 Å². The van der Waals surface area contributed by atoms with Gasteiger partial charge < -0.3 is 19.5 Å². The number of fused-ring (bicyclic) bond motifs is 1. The fourth-order valence-corrected chi connectivity index (χ4v) is 3.38. The summed E-state index contributed by atoms with van der Waals surface area (Å²) >= 11 is 0. The van der Waals surface area contributed by atoms with Crippen molar-refractivity contribution in [3.05, 3.63) is 52.1 Å². The van der Waals surface area contributed by atoms with Crippen molar-refractivity contribution < 1.29 is 9.21 Å². The molecule has 1 aliphatic heterocycles. The molecule has 9 heteroatoms. The fraction of sp³-hybridized carbons (Fsp3) is 0.381. The van der Waals surface area contributed by atoms with Crippen LogP contribution in [0.25, 0.3) is 11.0 Å². The topological polar surface area (TPSA) is 104 Å². The minimum absolute atomic E-state index is 0.0492. The van der Waals surface area contributed by atoms with E-state index in [1.54, 1.807) is 23.1 Å². The van der Waals surface area contributed by atoms with Gasteiger partial charge in [0, 0.05) is 32.6 Å². The number of nitrogens with one attached hydrogen (secondary N) is 1. The van der Waals surface area contributed by atoms with Gasteiger partial charge in [-0.3, -0.25) is 4.79 Å². The Labute approximate surface area is 173 Å². The zero-order valence-corrected chi connectivity index (χ0v) is 17.1. The molecule has 1 saturated heterocycles. The minimum atomic E-state index is -0.676. The Hall–Kier alpha value is -3.49. The van der Waals surface area contributed by atoms with Gasteiger partial charge in [0.1, 0.15) is 11.1 Å². The van der Waals surface area contributed by atoms with Crippen LogP contribution in [0.2, 0.25) is 0 Å². The minimum Gasteiger partial charge on any atom is -0.422 e. The molecule has 9 nitrogen and oxygen atoms in total. The molecule has 0 saturated carbocycles. The first-order valence-corrected chi connectivity index (χ1v) is 9.99. The highest BCUT2D eigenvalue weighted by molar-refractivity contribution is 5.96. The summed E-state index contributed by atoms with van der Waals surface area (Å²) in [5.74, 6) is 1.05. The van der Waals surface area contributed by atoms with E-state index in [4.69, 9.17) is 4.42 Å². The smallest absolute Gasteiger partial charge is 0.349 e. The van der Waals surface area contributed by atoms with Gasteiger partial charge in [-0.25, -0.2) is 4.79 Å². The van der Waals surface area contributed by atoms with E-state index in [9.17, 15) is 9.59 Å². The first-order chi connectivity index (χ1) is 14.5. The monoisotopic (exact) mass is 408 g/mol. The molecule has 0 spiro atoms. The molecular weight excluding hydrogens is 384 g/mol. The molecule has 3 heterocycles. The second-order valence-electron chi connectivity index (χ2n) is 7.46. The maximum absolute atomic E-state index is 12.6. The molecule has 1 aliphatic rings. The van der Waals surface area contributed by atoms with Crippen LogP contribution in [0.15, 0.2) is 39.5 Å². The van der Waals surface area contributed by atoms with Gasteiger partial charge in [-0.15, -0.1) is 0 Å². The Morgan fingerprint density at radius 2 is 1.90 bits per heavy atom. The molecule has 0 bridgehead atoms. The predicted molar refractivity (Wildman–Crippen MR) is 114 cm³/mol. The summed E-state index contributed by atoms with van der Waals surface area (Å²) in [6, 6.07) is 8.60. The number of anilines is 2. The van der Waals surface area contributed by atoms with Gasteiger partial charge in [0.05, 0.1) is 6.54 Å². The number of hydrogen-bond acceptors (Lipinski definition) is 8. The summed E-state index contributed by atoms with van der Waals surface area (Å²) in [6.45, 7) is 1.89. The summed E-state index contributed by atoms with van der Waals surface area (Å²) < 4.78 is 5.24. The molecule has 2 aromatic heterocycles. The second kappa shape index (κ2) is 8.48. The average molecular weight is 408 g/mol. The van der Waals surface area contributed by atoms with Crippen molar-refractivity contribution in [2.45, 2.75) is 25.8 Å². The zero-order chi connectivity index (χ0) is 21.1. The van der Waals surface area contributed by atoms with Crippen LogP contribution >= 0.6 is 0 Å². The van der Waals surface area contributed by atoms with E-state index in [-0.39, 0.29) is 12.1 Å². The highest BCUT2D eigenvalue weighted by Gasteiger charge is 2.18. The second-order valence-corrected chi connectivity index (χ2v) is 7.46. The number of carbonyl (C=O) groups excluding carboxylic acids is 1. The molecule has 1 amide bonds. The Morgan fingerprint density at radius 3 is 2.67 bits per heavy atom. The van der Waals surface area contributed by atoms with E-state index in [1.807, 2.05) is 20.2 Å². The van der Waals surface area contributed by atoms with Gasteiger partial charge in [-0.2, -0.15) is 15.0 Å². The van der Waals surface area contributed by atoms with Crippen LogP contribution < -0.4 is 20.7 Å². The Kier molecular flexibility index (Phi) is 5.60. The average Bonchev–Trinajstić information content (AvgIpc) is 2.77. The molecule has 30 heavy (non-hydrogen) atoms. The first kappa shape index (κ1) is 19.8. The summed E-state index contributed by atoms with van der Waals surface area (Å²) in [7, 11) is 3.72. The Bertz CT molecular complexity index is 1120. The maximum atomic E-state index is 12.6. The SMILES string of the molecule is CN(C)c1nc(CNC(=O)c2cc3ccccc3oc2=O)nc(N2CCCCC2)n1. The van der Waals surface area contributed by atoms with E-state index in [0.717, 1.165) is 25.9 Å². The molecule has 4 rings (SSSR count). The molecule has 1 fully saturated rings.